The van der Waals surface area contributed by atoms with Crippen LogP contribution in [0, 0.1) is 5.82 Å². The van der Waals surface area contributed by atoms with Crippen molar-refractivity contribution in [2.45, 2.75) is 36.6 Å². The maximum Gasteiger partial charge on any atom is 0.251 e. The second-order valence-corrected chi connectivity index (χ2v) is 6.17. The minimum absolute atomic E-state index is 0.0947. The van der Waals surface area contributed by atoms with Gasteiger partial charge in [0.1, 0.15) is 10.7 Å². The van der Waals surface area contributed by atoms with Gasteiger partial charge in [-0.15, -0.1) is 0 Å². The number of halogens is 1. The highest BCUT2D eigenvalue weighted by Crippen LogP contribution is 2.19. The Labute approximate surface area is 111 Å². The van der Waals surface area contributed by atoms with Gasteiger partial charge in [-0.05, 0) is 31.0 Å². The van der Waals surface area contributed by atoms with Crippen LogP contribution in [0.4, 0.5) is 4.39 Å². The smallest absolute Gasteiger partial charge is 0.251 e. The molecule has 0 spiro atoms. The number of carbonyl (C=O) groups excluding carboxylic acids is 1. The lowest BCUT2D eigenvalue weighted by Gasteiger charge is -2.12. The normalized spacial score (nSPS) is 16.5. The van der Waals surface area contributed by atoms with Gasteiger partial charge in [0, 0.05) is 11.6 Å². The topological polar surface area (TPSA) is 89.3 Å². The van der Waals surface area contributed by atoms with E-state index in [1.807, 2.05) is 0 Å². The van der Waals surface area contributed by atoms with Gasteiger partial charge in [-0.3, -0.25) is 4.79 Å². The quantitative estimate of drug-likeness (QED) is 0.873. The summed E-state index contributed by atoms with van der Waals surface area (Å²) in [5, 5.41) is 7.69. The summed E-state index contributed by atoms with van der Waals surface area (Å²) in [4.78, 5) is 11.3. The van der Waals surface area contributed by atoms with Crippen molar-refractivity contribution in [3.63, 3.8) is 0 Å². The van der Waals surface area contributed by atoms with Crippen molar-refractivity contribution in [1.29, 1.82) is 0 Å². The van der Waals surface area contributed by atoms with Crippen molar-refractivity contribution in [3.05, 3.63) is 29.6 Å². The first-order chi connectivity index (χ1) is 8.88. The van der Waals surface area contributed by atoms with Crippen LogP contribution in [0.15, 0.2) is 23.1 Å². The number of amides is 1. The average Bonchev–Trinajstić information content (AvgIpc) is 2.80. The molecule has 0 aliphatic heterocycles. The first-order valence-electron chi connectivity index (χ1n) is 6.01. The molecule has 1 aromatic carbocycles. The van der Waals surface area contributed by atoms with Crippen LogP contribution >= 0.6 is 0 Å². The number of primary sulfonamides is 1. The standard InChI is InChI=1S/C12H15FN2O3S/c13-10-6-5-8(7-11(10)19(14,17)18)12(16)15-9-3-1-2-4-9/h5-7,9H,1-4H2,(H,15,16)(H2,14,17,18). The minimum atomic E-state index is -4.17. The minimum Gasteiger partial charge on any atom is -0.349 e. The van der Waals surface area contributed by atoms with E-state index in [0.29, 0.717) is 0 Å². The molecule has 1 saturated carbocycles. The molecule has 7 heteroatoms. The Hall–Kier alpha value is -1.47. The molecule has 3 N–H and O–H groups in total. The van der Waals surface area contributed by atoms with Crippen LogP contribution in [0.5, 0.6) is 0 Å². The van der Waals surface area contributed by atoms with Gasteiger partial charge in [0.05, 0.1) is 0 Å². The zero-order valence-electron chi connectivity index (χ0n) is 10.2. The Kier molecular flexibility index (Phi) is 3.86. The van der Waals surface area contributed by atoms with E-state index in [2.05, 4.69) is 5.32 Å². The fraction of sp³-hybridized carbons (Fsp3) is 0.417. The number of carbonyl (C=O) groups is 1. The summed E-state index contributed by atoms with van der Waals surface area (Å²) < 4.78 is 35.7. The van der Waals surface area contributed by atoms with Gasteiger partial charge in [-0.1, -0.05) is 12.8 Å². The summed E-state index contributed by atoms with van der Waals surface area (Å²) in [7, 11) is -4.17. The molecule has 0 bridgehead atoms. The first-order valence-corrected chi connectivity index (χ1v) is 7.56. The molecule has 0 aromatic heterocycles. The van der Waals surface area contributed by atoms with Crippen LogP contribution < -0.4 is 10.5 Å². The molecular weight excluding hydrogens is 271 g/mol. The van der Waals surface area contributed by atoms with Crippen molar-refractivity contribution in [2.24, 2.45) is 5.14 Å². The van der Waals surface area contributed by atoms with Crippen molar-refractivity contribution in [3.8, 4) is 0 Å². The van der Waals surface area contributed by atoms with Crippen LogP contribution in [0.3, 0.4) is 0 Å². The van der Waals surface area contributed by atoms with E-state index in [9.17, 15) is 17.6 Å². The summed E-state index contributed by atoms with van der Waals surface area (Å²) in [5.74, 6) is -1.36. The fourth-order valence-electron chi connectivity index (χ4n) is 2.20. The van der Waals surface area contributed by atoms with Crippen LogP contribution in [0.25, 0.3) is 0 Å². The van der Waals surface area contributed by atoms with Crippen molar-refractivity contribution in [1.82, 2.24) is 5.32 Å². The van der Waals surface area contributed by atoms with Crippen LogP contribution in [-0.2, 0) is 10.0 Å². The number of sulfonamides is 1. The lowest BCUT2D eigenvalue weighted by atomic mass is 10.2. The van der Waals surface area contributed by atoms with Crippen LogP contribution in [0.1, 0.15) is 36.0 Å². The highest BCUT2D eigenvalue weighted by molar-refractivity contribution is 7.89. The second-order valence-electron chi connectivity index (χ2n) is 4.65. The van der Waals surface area contributed by atoms with E-state index in [4.69, 9.17) is 5.14 Å². The van der Waals surface area contributed by atoms with Crippen molar-refractivity contribution >= 4 is 15.9 Å². The van der Waals surface area contributed by atoms with E-state index >= 15 is 0 Å². The van der Waals surface area contributed by atoms with Gasteiger partial charge in [0.2, 0.25) is 10.0 Å². The molecule has 2 rings (SSSR count). The average molecular weight is 286 g/mol. The summed E-state index contributed by atoms with van der Waals surface area (Å²) in [6.07, 6.45) is 3.96. The van der Waals surface area contributed by atoms with Gasteiger partial charge in [0.15, 0.2) is 0 Å². The summed E-state index contributed by atoms with van der Waals surface area (Å²) in [5.41, 5.74) is 0.0947. The molecule has 0 saturated heterocycles. The van der Waals surface area contributed by atoms with Crippen molar-refractivity contribution in [2.75, 3.05) is 0 Å². The second kappa shape index (κ2) is 5.26. The predicted molar refractivity (Wildman–Crippen MR) is 67.5 cm³/mol. The molecule has 1 fully saturated rings. The molecule has 19 heavy (non-hydrogen) atoms. The Morgan fingerprint density at radius 1 is 1.32 bits per heavy atom. The molecule has 0 radical (unpaired) electrons. The first kappa shape index (κ1) is 14.0. The Balaban J connectivity index is 2.23. The lowest BCUT2D eigenvalue weighted by Crippen LogP contribution is -2.32. The third-order valence-electron chi connectivity index (χ3n) is 3.19. The number of nitrogens with one attached hydrogen (secondary N) is 1. The van der Waals surface area contributed by atoms with E-state index in [1.54, 1.807) is 0 Å². The molecule has 5 nitrogen and oxygen atoms in total. The molecular formula is C12H15FN2O3S. The summed E-state index contributed by atoms with van der Waals surface area (Å²) >= 11 is 0. The van der Waals surface area contributed by atoms with E-state index < -0.39 is 26.6 Å². The third kappa shape index (κ3) is 3.30. The SMILES string of the molecule is NS(=O)(=O)c1cc(C(=O)NC2CCCC2)ccc1F. The van der Waals surface area contributed by atoms with E-state index in [-0.39, 0.29) is 11.6 Å². The third-order valence-corrected chi connectivity index (χ3v) is 4.12. The maximum absolute atomic E-state index is 13.3. The molecule has 0 atom stereocenters. The molecule has 104 valence electrons. The van der Waals surface area contributed by atoms with Gasteiger partial charge in [-0.25, -0.2) is 17.9 Å². The van der Waals surface area contributed by atoms with Crippen molar-refractivity contribution < 1.29 is 17.6 Å². The number of rotatable bonds is 3. The highest BCUT2D eigenvalue weighted by atomic mass is 32.2. The van der Waals surface area contributed by atoms with E-state index in [1.165, 1.54) is 6.07 Å². The van der Waals surface area contributed by atoms with Gasteiger partial charge < -0.3 is 5.32 Å². The maximum atomic E-state index is 13.3. The lowest BCUT2D eigenvalue weighted by molar-refractivity contribution is 0.0937. The van der Waals surface area contributed by atoms with Crippen LogP contribution in [0.2, 0.25) is 0 Å². The zero-order valence-corrected chi connectivity index (χ0v) is 11.0. The summed E-state index contributed by atoms with van der Waals surface area (Å²) in [6, 6.07) is 3.25. The van der Waals surface area contributed by atoms with Gasteiger partial charge in [0.25, 0.3) is 5.91 Å². The Morgan fingerprint density at radius 2 is 1.95 bits per heavy atom. The summed E-state index contributed by atoms with van der Waals surface area (Å²) in [6.45, 7) is 0. The van der Waals surface area contributed by atoms with E-state index in [0.717, 1.165) is 37.8 Å². The number of benzene rings is 1. The molecule has 1 aliphatic carbocycles. The predicted octanol–water partition coefficient (Wildman–Crippen LogP) is 1.15. The largest absolute Gasteiger partial charge is 0.349 e. The van der Waals surface area contributed by atoms with Gasteiger partial charge >= 0.3 is 0 Å². The molecule has 0 unspecified atom stereocenters. The molecule has 1 amide bonds. The monoisotopic (exact) mass is 286 g/mol. The fourth-order valence-corrected chi connectivity index (χ4v) is 2.83. The molecule has 1 aliphatic rings. The number of hydrogen-bond donors (Lipinski definition) is 2. The molecule has 1 aromatic rings. The van der Waals surface area contributed by atoms with Crippen LogP contribution in [-0.4, -0.2) is 20.4 Å². The Bertz CT molecular complexity index is 595. The zero-order chi connectivity index (χ0) is 14.0. The highest BCUT2D eigenvalue weighted by Gasteiger charge is 2.20. The number of nitrogens with two attached hydrogens (primary N) is 1. The number of hydrogen-bond acceptors (Lipinski definition) is 3. The van der Waals surface area contributed by atoms with Gasteiger partial charge in [-0.2, -0.15) is 0 Å². The molecule has 0 heterocycles. The Morgan fingerprint density at radius 3 is 2.53 bits per heavy atom.